The van der Waals surface area contributed by atoms with E-state index in [1.54, 1.807) is 18.4 Å². The highest BCUT2D eigenvalue weighted by Crippen LogP contribution is 2.24. The van der Waals surface area contributed by atoms with E-state index in [9.17, 15) is 4.79 Å². The molecule has 21 heavy (non-hydrogen) atoms. The fraction of sp³-hybridized carbons (Fsp3) is 0.133. The molecular formula is C15H13N3O2S. The van der Waals surface area contributed by atoms with Gasteiger partial charge in [0.15, 0.2) is 0 Å². The molecule has 0 aliphatic rings. The summed E-state index contributed by atoms with van der Waals surface area (Å²) in [6, 6.07) is 9.63. The van der Waals surface area contributed by atoms with Crippen LogP contribution in [0.1, 0.15) is 17.0 Å². The van der Waals surface area contributed by atoms with Crippen molar-refractivity contribution in [1.82, 2.24) is 9.80 Å². The van der Waals surface area contributed by atoms with Gasteiger partial charge in [0.2, 0.25) is 5.91 Å². The van der Waals surface area contributed by atoms with Crippen LogP contribution in [0.15, 0.2) is 46.1 Å². The molecule has 0 atom stereocenters. The molecule has 0 saturated carbocycles. The molecular weight excluding hydrogens is 286 g/mol. The molecule has 6 heteroatoms. The Morgan fingerprint density at radius 3 is 3.19 bits per heavy atom. The second-order valence-electron chi connectivity index (χ2n) is 4.61. The standard InChI is InChI=1S/C15H13N3O2S/c1-10-4-5-14-12(7-10)13(18-21-14)8-15(19)17-16-9-11-3-2-6-20-11/h2-7,9H,8H2,1H3,(H,17,19)/b16-9+. The number of carbonyl (C=O) groups excluding carboxylic acids is 1. The zero-order valence-corrected chi connectivity index (χ0v) is 12.2. The van der Waals surface area contributed by atoms with Crippen LogP contribution in [0.4, 0.5) is 0 Å². The van der Waals surface area contributed by atoms with Crippen molar-refractivity contribution in [1.29, 1.82) is 0 Å². The number of rotatable bonds is 4. The Labute approximate surface area is 125 Å². The van der Waals surface area contributed by atoms with Crippen molar-refractivity contribution in [2.24, 2.45) is 5.10 Å². The first-order chi connectivity index (χ1) is 10.2. The lowest BCUT2D eigenvalue weighted by molar-refractivity contribution is -0.120. The van der Waals surface area contributed by atoms with Crippen LogP contribution in [-0.4, -0.2) is 16.5 Å². The van der Waals surface area contributed by atoms with Crippen molar-refractivity contribution < 1.29 is 9.21 Å². The van der Waals surface area contributed by atoms with Crippen molar-refractivity contribution in [2.45, 2.75) is 13.3 Å². The summed E-state index contributed by atoms with van der Waals surface area (Å²) < 4.78 is 10.5. The minimum atomic E-state index is -0.202. The molecule has 106 valence electrons. The van der Waals surface area contributed by atoms with Crippen molar-refractivity contribution in [3.05, 3.63) is 53.6 Å². The number of fused-ring (bicyclic) bond motifs is 1. The summed E-state index contributed by atoms with van der Waals surface area (Å²) in [5.41, 5.74) is 4.41. The molecule has 0 fully saturated rings. The molecule has 0 spiro atoms. The molecule has 1 aromatic carbocycles. The number of benzene rings is 1. The van der Waals surface area contributed by atoms with E-state index in [0.717, 1.165) is 21.3 Å². The highest BCUT2D eigenvalue weighted by Gasteiger charge is 2.10. The van der Waals surface area contributed by atoms with Gasteiger partial charge in [0.25, 0.3) is 0 Å². The number of amides is 1. The van der Waals surface area contributed by atoms with Crippen molar-refractivity contribution in [2.75, 3.05) is 0 Å². The summed E-state index contributed by atoms with van der Waals surface area (Å²) in [6.45, 7) is 2.02. The number of nitrogens with one attached hydrogen (secondary N) is 1. The van der Waals surface area contributed by atoms with Gasteiger partial charge in [-0.05, 0) is 42.7 Å². The maximum atomic E-state index is 11.9. The number of furan rings is 1. The van der Waals surface area contributed by atoms with Gasteiger partial charge in [0.1, 0.15) is 5.76 Å². The van der Waals surface area contributed by atoms with Gasteiger partial charge < -0.3 is 4.42 Å². The van der Waals surface area contributed by atoms with E-state index in [-0.39, 0.29) is 12.3 Å². The number of hydrazone groups is 1. The van der Waals surface area contributed by atoms with E-state index in [0.29, 0.717) is 5.76 Å². The Morgan fingerprint density at radius 1 is 1.48 bits per heavy atom. The lowest BCUT2D eigenvalue weighted by atomic mass is 10.1. The average Bonchev–Trinajstić information content (AvgIpc) is 3.09. The third kappa shape index (κ3) is 3.17. The van der Waals surface area contributed by atoms with Crippen LogP contribution in [0.3, 0.4) is 0 Å². The molecule has 0 saturated heterocycles. The van der Waals surface area contributed by atoms with Crippen LogP contribution in [0.2, 0.25) is 0 Å². The van der Waals surface area contributed by atoms with Crippen molar-refractivity contribution >= 4 is 33.7 Å². The van der Waals surface area contributed by atoms with Crippen LogP contribution in [-0.2, 0) is 11.2 Å². The fourth-order valence-corrected chi connectivity index (χ4v) is 2.73. The number of aryl methyl sites for hydroxylation is 1. The van der Waals surface area contributed by atoms with E-state index in [1.807, 2.05) is 25.1 Å². The molecule has 2 heterocycles. The molecule has 0 aliphatic heterocycles. The normalized spacial score (nSPS) is 11.3. The lowest BCUT2D eigenvalue weighted by Gasteiger charge is -1.98. The predicted molar refractivity (Wildman–Crippen MR) is 82.5 cm³/mol. The molecule has 2 aromatic heterocycles. The highest BCUT2D eigenvalue weighted by atomic mass is 32.1. The molecule has 0 aliphatic carbocycles. The zero-order valence-electron chi connectivity index (χ0n) is 11.4. The van der Waals surface area contributed by atoms with Gasteiger partial charge in [0, 0.05) is 5.39 Å². The first-order valence-corrected chi connectivity index (χ1v) is 7.20. The van der Waals surface area contributed by atoms with Gasteiger partial charge in [-0.2, -0.15) is 9.47 Å². The Kier molecular flexibility index (Phi) is 3.79. The first-order valence-electron chi connectivity index (χ1n) is 6.43. The second-order valence-corrected chi connectivity index (χ2v) is 5.42. The van der Waals surface area contributed by atoms with Gasteiger partial charge >= 0.3 is 0 Å². The van der Waals surface area contributed by atoms with E-state index < -0.39 is 0 Å². The van der Waals surface area contributed by atoms with E-state index in [1.165, 1.54) is 17.7 Å². The lowest BCUT2D eigenvalue weighted by Crippen LogP contribution is -2.19. The predicted octanol–water partition coefficient (Wildman–Crippen LogP) is 2.89. The third-order valence-electron chi connectivity index (χ3n) is 2.95. The van der Waals surface area contributed by atoms with Crippen LogP contribution < -0.4 is 5.43 Å². The summed E-state index contributed by atoms with van der Waals surface area (Å²) in [6.07, 6.45) is 3.22. The number of hydrogen-bond donors (Lipinski definition) is 1. The largest absolute Gasteiger partial charge is 0.463 e. The van der Waals surface area contributed by atoms with Gasteiger partial charge in [0.05, 0.1) is 29.3 Å². The van der Waals surface area contributed by atoms with E-state index >= 15 is 0 Å². The molecule has 3 aromatic rings. The molecule has 0 bridgehead atoms. The second kappa shape index (κ2) is 5.88. The van der Waals surface area contributed by atoms with E-state index in [4.69, 9.17) is 4.42 Å². The van der Waals surface area contributed by atoms with Crippen molar-refractivity contribution in [3.63, 3.8) is 0 Å². The fourth-order valence-electron chi connectivity index (χ4n) is 1.95. The Hall–Kier alpha value is -2.47. The summed E-state index contributed by atoms with van der Waals surface area (Å²) in [7, 11) is 0. The zero-order chi connectivity index (χ0) is 14.7. The molecule has 3 rings (SSSR count). The topological polar surface area (TPSA) is 67.5 Å². The smallest absolute Gasteiger partial charge is 0.246 e. The van der Waals surface area contributed by atoms with Gasteiger partial charge in [-0.25, -0.2) is 5.43 Å². The van der Waals surface area contributed by atoms with E-state index in [2.05, 4.69) is 14.9 Å². The van der Waals surface area contributed by atoms with Crippen LogP contribution >= 0.6 is 11.5 Å². The number of nitrogens with zero attached hydrogens (tertiary/aromatic N) is 2. The molecule has 1 N–H and O–H groups in total. The minimum Gasteiger partial charge on any atom is -0.463 e. The van der Waals surface area contributed by atoms with Crippen LogP contribution in [0.25, 0.3) is 10.1 Å². The summed E-state index contributed by atoms with van der Waals surface area (Å²) in [5.74, 6) is 0.386. The van der Waals surface area contributed by atoms with Gasteiger partial charge in [-0.3, -0.25) is 4.79 Å². The molecule has 1 amide bonds. The number of carbonyl (C=O) groups is 1. The first kappa shape index (κ1) is 13.5. The molecule has 5 nitrogen and oxygen atoms in total. The Bertz CT molecular complexity index is 790. The Morgan fingerprint density at radius 2 is 2.38 bits per heavy atom. The van der Waals surface area contributed by atoms with Crippen molar-refractivity contribution in [3.8, 4) is 0 Å². The third-order valence-corrected chi connectivity index (χ3v) is 3.82. The summed E-state index contributed by atoms with van der Waals surface area (Å²) in [5, 5.41) is 4.88. The number of hydrogen-bond acceptors (Lipinski definition) is 5. The maximum Gasteiger partial charge on any atom is 0.246 e. The average molecular weight is 299 g/mol. The van der Waals surface area contributed by atoms with Crippen LogP contribution in [0, 0.1) is 6.92 Å². The van der Waals surface area contributed by atoms with Crippen LogP contribution in [0.5, 0.6) is 0 Å². The summed E-state index contributed by atoms with van der Waals surface area (Å²) >= 11 is 1.40. The van der Waals surface area contributed by atoms with Gasteiger partial charge in [-0.1, -0.05) is 11.6 Å². The maximum absolute atomic E-state index is 11.9. The minimum absolute atomic E-state index is 0.202. The highest BCUT2D eigenvalue weighted by molar-refractivity contribution is 7.13. The molecule has 0 unspecified atom stereocenters. The summed E-state index contributed by atoms with van der Waals surface area (Å²) in [4.78, 5) is 11.9. The quantitative estimate of drug-likeness (QED) is 0.595. The monoisotopic (exact) mass is 299 g/mol. The SMILES string of the molecule is Cc1ccc2snc(CC(=O)N/N=C/c3ccco3)c2c1. The van der Waals surface area contributed by atoms with Gasteiger partial charge in [-0.15, -0.1) is 0 Å². The molecule has 0 radical (unpaired) electrons. The number of aromatic nitrogens is 1. The Balaban J connectivity index is 1.67.